The summed E-state index contributed by atoms with van der Waals surface area (Å²) >= 11 is 6.92. The molecule has 3 rings (SSSR count). The second-order valence-electron chi connectivity index (χ2n) is 9.59. The molecule has 0 N–H and O–H groups in total. The van der Waals surface area contributed by atoms with Crippen molar-refractivity contribution in [2.24, 2.45) is 18.9 Å². The Morgan fingerprint density at radius 3 is 2.53 bits per heavy atom. The number of nitrogens with zero attached hydrogens (tertiary/aromatic N) is 4. The van der Waals surface area contributed by atoms with Gasteiger partial charge in [0.25, 0.3) is 11.5 Å². The molecule has 1 amide bonds. The number of amides is 1. The number of hydrogen-bond donors (Lipinski definition) is 0. The summed E-state index contributed by atoms with van der Waals surface area (Å²) in [6, 6.07) is 2.08. The minimum Gasteiger partial charge on any atom is -0.357 e. The molecule has 3 heterocycles. The van der Waals surface area contributed by atoms with E-state index in [1.807, 2.05) is 6.08 Å². The van der Waals surface area contributed by atoms with Crippen LogP contribution in [0.4, 0.5) is 5.82 Å². The normalized spacial score (nSPS) is 19.2. The first-order chi connectivity index (χ1) is 16.2. The van der Waals surface area contributed by atoms with Gasteiger partial charge in [-0.05, 0) is 49.7 Å². The van der Waals surface area contributed by atoms with Crippen LogP contribution in [0.5, 0.6) is 0 Å². The summed E-state index contributed by atoms with van der Waals surface area (Å²) < 4.78 is 2.16. The van der Waals surface area contributed by atoms with E-state index in [1.165, 1.54) is 11.8 Å². The maximum atomic E-state index is 13.4. The van der Waals surface area contributed by atoms with Crippen molar-refractivity contribution in [1.29, 1.82) is 5.26 Å². The molecule has 0 spiro atoms. The SMILES string of the molecule is CCCCC(CC)CN1C(=O)/C(=C/c2c(C)c(C#N)c(=O)n(C)c2N2CCC(C)CC2)SC1=S. The van der Waals surface area contributed by atoms with Crippen LogP contribution >= 0.6 is 24.0 Å². The van der Waals surface area contributed by atoms with Crippen molar-refractivity contribution in [1.82, 2.24) is 9.47 Å². The van der Waals surface area contributed by atoms with Gasteiger partial charge in [0.1, 0.15) is 21.8 Å². The third-order valence-corrected chi connectivity index (χ3v) is 8.56. The van der Waals surface area contributed by atoms with Crippen LogP contribution < -0.4 is 10.5 Å². The lowest BCUT2D eigenvalue weighted by atomic mass is 9.97. The maximum Gasteiger partial charge on any atom is 0.270 e. The summed E-state index contributed by atoms with van der Waals surface area (Å²) in [6.45, 7) is 10.7. The molecule has 2 fully saturated rings. The Kier molecular flexibility index (Phi) is 9.00. The van der Waals surface area contributed by atoms with Gasteiger partial charge in [0.2, 0.25) is 0 Å². The van der Waals surface area contributed by atoms with Gasteiger partial charge in [0.05, 0.1) is 4.91 Å². The smallest absolute Gasteiger partial charge is 0.270 e. The van der Waals surface area contributed by atoms with E-state index in [9.17, 15) is 14.9 Å². The van der Waals surface area contributed by atoms with Gasteiger partial charge in [-0.2, -0.15) is 5.26 Å². The van der Waals surface area contributed by atoms with E-state index in [2.05, 4.69) is 31.7 Å². The molecular formula is C26H36N4O2S2. The third kappa shape index (κ3) is 5.41. The van der Waals surface area contributed by atoms with Crippen LogP contribution in [0, 0.1) is 30.1 Å². The minimum atomic E-state index is -0.292. The highest BCUT2D eigenvalue weighted by Crippen LogP contribution is 2.37. The lowest BCUT2D eigenvalue weighted by Gasteiger charge is -2.34. The second-order valence-corrected chi connectivity index (χ2v) is 11.3. The average Bonchev–Trinajstić information content (AvgIpc) is 3.08. The molecule has 34 heavy (non-hydrogen) atoms. The summed E-state index contributed by atoms with van der Waals surface area (Å²) in [6.07, 6.45) is 8.34. The molecule has 0 saturated carbocycles. The average molecular weight is 501 g/mol. The largest absolute Gasteiger partial charge is 0.357 e. The van der Waals surface area contributed by atoms with Gasteiger partial charge < -0.3 is 4.90 Å². The Labute approximate surface area is 213 Å². The van der Waals surface area contributed by atoms with E-state index >= 15 is 0 Å². The lowest BCUT2D eigenvalue weighted by Crippen LogP contribution is -2.38. The van der Waals surface area contributed by atoms with Gasteiger partial charge in [-0.1, -0.05) is 64.0 Å². The summed E-state index contributed by atoms with van der Waals surface area (Å²) in [5, 5.41) is 9.68. The highest BCUT2D eigenvalue weighted by atomic mass is 32.2. The zero-order valence-corrected chi connectivity index (χ0v) is 22.7. The Balaban J connectivity index is 2.02. The van der Waals surface area contributed by atoms with Gasteiger partial charge in [0.15, 0.2) is 0 Å². The molecule has 1 atom stereocenters. The van der Waals surface area contributed by atoms with Crippen LogP contribution in [0.3, 0.4) is 0 Å². The highest BCUT2D eigenvalue weighted by Gasteiger charge is 2.34. The zero-order chi connectivity index (χ0) is 25.0. The van der Waals surface area contributed by atoms with Gasteiger partial charge in [-0.25, -0.2) is 0 Å². The predicted molar refractivity (Wildman–Crippen MR) is 145 cm³/mol. The number of carbonyl (C=O) groups is 1. The van der Waals surface area contributed by atoms with E-state index in [-0.39, 0.29) is 17.0 Å². The van der Waals surface area contributed by atoms with Crippen LogP contribution in [-0.2, 0) is 11.8 Å². The lowest BCUT2D eigenvalue weighted by molar-refractivity contribution is -0.122. The van der Waals surface area contributed by atoms with Gasteiger partial charge in [0, 0.05) is 32.2 Å². The maximum absolute atomic E-state index is 13.4. The number of pyridine rings is 1. The molecule has 0 radical (unpaired) electrons. The van der Waals surface area contributed by atoms with E-state index < -0.39 is 0 Å². The van der Waals surface area contributed by atoms with Crippen LogP contribution in [0.15, 0.2) is 9.70 Å². The molecule has 0 bridgehead atoms. The van der Waals surface area contributed by atoms with Crippen LogP contribution in [-0.4, -0.2) is 39.3 Å². The van der Waals surface area contributed by atoms with E-state index in [4.69, 9.17) is 12.2 Å². The molecule has 1 aromatic rings. The van der Waals surface area contributed by atoms with E-state index in [1.54, 1.807) is 23.4 Å². The molecule has 1 aromatic heterocycles. The number of rotatable bonds is 8. The summed E-state index contributed by atoms with van der Waals surface area (Å²) in [4.78, 5) is 30.9. The Bertz CT molecular complexity index is 1080. The first kappa shape index (κ1) is 26.5. The summed E-state index contributed by atoms with van der Waals surface area (Å²) in [5.41, 5.74) is 1.23. The fraction of sp³-hybridized carbons (Fsp3) is 0.615. The van der Waals surface area contributed by atoms with Gasteiger partial charge in [-0.15, -0.1) is 0 Å². The molecule has 0 aliphatic carbocycles. The van der Waals surface area contributed by atoms with Crippen LogP contribution in [0.2, 0.25) is 0 Å². The van der Waals surface area contributed by atoms with Crippen LogP contribution in [0.25, 0.3) is 6.08 Å². The number of thiocarbonyl (C=S) groups is 1. The quantitative estimate of drug-likeness (QED) is 0.360. The molecule has 2 saturated heterocycles. The third-order valence-electron chi connectivity index (χ3n) is 7.18. The molecule has 1 unspecified atom stereocenters. The fourth-order valence-electron chi connectivity index (χ4n) is 4.78. The Morgan fingerprint density at radius 2 is 1.94 bits per heavy atom. The summed E-state index contributed by atoms with van der Waals surface area (Å²) in [7, 11) is 1.72. The van der Waals surface area contributed by atoms with Gasteiger partial charge in [-0.3, -0.25) is 19.1 Å². The van der Waals surface area contributed by atoms with Crippen molar-refractivity contribution < 1.29 is 4.79 Å². The molecule has 8 heteroatoms. The first-order valence-corrected chi connectivity index (χ1v) is 13.6. The number of nitriles is 1. The molecular weight excluding hydrogens is 464 g/mol. The number of aromatic nitrogens is 1. The highest BCUT2D eigenvalue weighted by molar-refractivity contribution is 8.26. The Hall–Kier alpha value is -2.11. The topological polar surface area (TPSA) is 69.3 Å². The minimum absolute atomic E-state index is 0.0741. The monoisotopic (exact) mass is 500 g/mol. The van der Waals surface area contributed by atoms with E-state index in [0.717, 1.165) is 63.0 Å². The predicted octanol–water partition coefficient (Wildman–Crippen LogP) is 5.22. The van der Waals surface area contributed by atoms with Crippen molar-refractivity contribution in [3.05, 3.63) is 31.9 Å². The molecule has 6 nitrogen and oxygen atoms in total. The summed E-state index contributed by atoms with van der Waals surface area (Å²) in [5.74, 6) is 1.78. The Morgan fingerprint density at radius 1 is 1.26 bits per heavy atom. The molecule has 2 aliphatic rings. The van der Waals surface area contributed by atoms with Crippen molar-refractivity contribution in [2.75, 3.05) is 24.5 Å². The van der Waals surface area contributed by atoms with Crippen molar-refractivity contribution in [3.63, 3.8) is 0 Å². The van der Waals surface area contributed by atoms with Gasteiger partial charge >= 0.3 is 0 Å². The van der Waals surface area contributed by atoms with Crippen molar-refractivity contribution in [2.45, 2.75) is 66.2 Å². The standard InChI is InChI=1S/C26H36N4O2S2/c1-6-8-9-19(7-2)16-30-25(32)22(34-26(30)33)14-20-18(4)21(15-27)24(31)28(5)23(20)29-12-10-17(3)11-13-29/h14,17,19H,6-13,16H2,1-5H3/b22-14-. The zero-order valence-electron chi connectivity index (χ0n) is 21.0. The fourth-order valence-corrected chi connectivity index (χ4v) is 6.04. The van der Waals surface area contributed by atoms with Crippen LogP contribution in [0.1, 0.15) is 76.0 Å². The number of unbranched alkanes of at least 4 members (excludes halogenated alkanes) is 1. The first-order valence-electron chi connectivity index (χ1n) is 12.4. The molecule has 184 valence electrons. The van der Waals surface area contributed by atoms with E-state index in [0.29, 0.717) is 33.2 Å². The number of carbonyl (C=O) groups excluding carboxylic acids is 1. The molecule has 2 aliphatic heterocycles. The molecule has 0 aromatic carbocycles. The van der Waals surface area contributed by atoms with Crippen molar-refractivity contribution in [3.8, 4) is 6.07 Å². The number of thioether (sulfide) groups is 1. The number of piperidine rings is 1. The van der Waals surface area contributed by atoms with Crippen molar-refractivity contribution >= 4 is 46.1 Å². The second kappa shape index (κ2) is 11.5. The number of anilines is 1. The number of hydrogen-bond acceptors (Lipinski definition) is 6.